The van der Waals surface area contributed by atoms with Gasteiger partial charge in [0.2, 0.25) is 17.6 Å². The van der Waals surface area contributed by atoms with E-state index in [-0.39, 0.29) is 12.3 Å². The monoisotopic (exact) mass is 426 g/mol. The van der Waals surface area contributed by atoms with Gasteiger partial charge in [-0.15, -0.1) is 0 Å². The molecule has 3 aromatic rings. The van der Waals surface area contributed by atoms with Gasteiger partial charge in [-0.2, -0.15) is 4.98 Å². The molecule has 6 nitrogen and oxygen atoms in total. The maximum absolute atomic E-state index is 12.8. The van der Waals surface area contributed by atoms with Crippen molar-refractivity contribution in [2.45, 2.75) is 19.8 Å². The van der Waals surface area contributed by atoms with Gasteiger partial charge in [0.25, 0.3) is 0 Å². The Hall–Kier alpha value is -2.64. The zero-order valence-corrected chi connectivity index (χ0v) is 17.4. The number of aryl methyl sites for hydroxylation is 1. The molecule has 0 saturated carbocycles. The largest absolute Gasteiger partial charge is 0.339 e. The highest BCUT2D eigenvalue weighted by atomic mass is 35.5. The molecule has 2 heterocycles. The molecule has 0 radical (unpaired) electrons. The minimum Gasteiger partial charge on any atom is -0.339 e. The number of carbonyl (C=O) groups excluding carboxylic acids is 1. The molecule has 0 atom stereocenters. The fourth-order valence-electron chi connectivity index (χ4n) is 2.96. The minimum atomic E-state index is -0.00658. The second kappa shape index (κ2) is 8.80. The lowest BCUT2D eigenvalue weighted by Gasteiger charge is -2.15. The summed E-state index contributed by atoms with van der Waals surface area (Å²) >= 11 is 7.75. The van der Waals surface area contributed by atoms with Gasteiger partial charge in [0, 0.05) is 35.7 Å². The SMILES string of the molecule is Cc1c(Cl)cccc1N=C1SCCN1C(=O)CCc1nc(-c2ccccc2)no1. The van der Waals surface area contributed by atoms with Crippen LogP contribution in [0.1, 0.15) is 17.9 Å². The van der Waals surface area contributed by atoms with Crippen LogP contribution in [-0.4, -0.2) is 38.4 Å². The number of hydrogen-bond acceptors (Lipinski definition) is 6. The van der Waals surface area contributed by atoms with Crippen molar-refractivity contribution in [1.82, 2.24) is 15.0 Å². The van der Waals surface area contributed by atoms with Gasteiger partial charge in [-0.3, -0.25) is 9.69 Å². The number of hydrogen-bond donors (Lipinski definition) is 0. The van der Waals surface area contributed by atoms with E-state index in [9.17, 15) is 4.79 Å². The Morgan fingerprint density at radius 2 is 2.07 bits per heavy atom. The van der Waals surface area contributed by atoms with Crippen LogP contribution in [0.15, 0.2) is 58.0 Å². The van der Waals surface area contributed by atoms with Crippen molar-refractivity contribution in [1.29, 1.82) is 0 Å². The molecule has 29 heavy (non-hydrogen) atoms. The van der Waals surface area contributed by atoms with Gasteiger partial charge in [-0.05, 0) is 24.6 Å². The lowest BCUT2D eigenvalue weighted by atomic mass is 10.2. The van der Waals surface area contributed by atoms with Crippen molar-refractivity contribution in [3.63, 3.8) is 0 Å². The van der Waals surface area contributed by atoms with Crippen molar-refractivity contribution in [3.05, 3.63) is 65.0 Å². The number of amidine groups is 1. The molecule has 2 aromatic carbocycles. The second-order valence-corrected chi connectivity index (χ2v) is 8.02. The third-order valence-electron chi connectivity index (χ3n) is 4.59. The van der Waals surface area contributed by atoms with E-state index in [1.54, 1.807) is 16.7 Å². The van der Waals surface area contributed by atoms with Crippen LogP contribution in [-0.2, 0) is 11.2 Å². The van der Waals surface area contributed by atoms with Gasteiger partial charge >= 0.3 is 0 Å². The average Bonchev–Trinajstić information content (AvgIpc) is 3.40. The molecule has 0 spiro atoms. The summed E-state index contributed by atoms with van der Waals surface area (Å²) in [7, 11) is 0. The van der Waals surface area contributed by atoms with E-state index in [2.05, 4.69) is 15.1 Å². The molecule has 0 N–H and O–H groups in total. The first-order valence-electron chi connectivity index (χ1n) is 9.27. The van der Waals surface area contributed by atoms with E-state index < -0.39 is 0 Å². The van der Waals surface area contributed by atoms with Gasteiger partial charge < -0.3 is 4.52 Å². The number of halogens is 1. The Kier molecular flexibility index (Phi) is 5.97. The highest BCUT2D eigenvalue weighted by Crippen LogP contribution is 2.29. The third kappa shape index (κ3) is 4.52. The number of rotatable bonds is 5. The van der Waals surface area contributed by atoms with Crippen molar-refractivity contribution in [3.8, 4) is 11.4 Å². The Morgan fingerprint density at radius 3 is 2.90 bits per heavy atom. The van der Waals surface area contributed by atoms with E-state index in [1.807, 2.05) is 55.5 Å². The normalized spacial score (nSPS) is 15.2. The topological polar surface area (TPSA) is 71.6 Å². The lowest BCUT2D eigenvalue weighted by Crippen LogP contribution is -2.31. The number of nitrogens with zero attached hydrogens (tertiary/aromatic N) is 4. The summed E-state index contributed by atoms with van der Waals surface area (Å²) in [5.41, 5.74) is 2.57. The number of benzene rings is 2. The maximum atomic E-state index is 12.8. The van der Waals surface area contributed by atoms with E-state index in [1.165, 1.54) is 0 Å². The van der Waals surface area contributed by atoms with Crippen LogP contribution in [0.5, 0.6) is 0 Å². The fraction of sp³-hybridized carbons (Fsp3) is 0.238. The molecule has 4 rings (SSSR count). The smallest absolute Gasteiger partial charge is 0.229 e. The quantitative estimate of drug-likeness (QED) is 0.580. The second-order valence-electron chi connectivity index (χ2n) is 6.55. The number of thioether (sulfide) groups is 1. The zero-order chi connectivity index (χ0) is 20.2. The first kappa shape index (κ1) is 19.7. The lowest BCUT2D eigenvalue weighted by molar-refractivity contribution is -0.127. The average molecular weight is 427 g/mol. The van der Waals surface area contributed by atoms with E-state index in [0.29, 0.717) is 34.9 Å². The summed E-state index contributed by atoms with van der Waals surface area (Å²) in [5.74, 6) is 1.80. The molecule has 1 fully saturated rings. The van der Waals surface area contributed by atoms with Crippen LogP contribution in [0.3, 0.4) is 0 Å². The van der Waals surface area contributed by atoms with Crippen LogP contribution in [0, 0.1) is 6.92 Å². The van der Waals surface area contributed by atoms with Crippen LogP contribution >= 0.6 is 23.4 Å². The molecule has 148 valence electrons. The van der Waals surface area contributed by atoms with Crippen LogP contribution in [0.25, 0.3) is 11.4 Å². The molecule has 0 unspecified atom stereocenters. The van der Waals surface area contributed by atoms with E-state index >= 15 is 0 Å². The highest BCUT2D eigenvalue weighted by molar-refractivity contribution is 8.14. The molecular weight excluding hydrogens is 408 g/mol. The number of amides is 1. The Labute approximate surface area is 178 Å². The molecule has 8 heteroatoms. The Morgan fingerprint density at radius 1 is 1.24 bits per heavy atom. The zero-order valence-electron chi connectivity index (χ0n) is 15.8. The van der Waals surface area contributed by atoms with Crippen molar-refractivity contribution in [2.75, 3.05) is 12.3 Å². The first-order valence-corrected chi connectivity index (χ1v) is 10.6. The summed E-state index contributed by atoms with van der Waals surface area (Å²) in [6.45, 7) is 2.56. The molecule has 1 amide bonds. The third-order valence-corrected chi connectivity index (χ3v) is 5.95. The number of aliphatic imine (C=N–C) groups is 1. The Balaban J connectivity index is 1.42. The predicted molar refractivity (Wildman–Crippen MR) is 116 cm³/mol. The van der Waals surface area contributed by atoms with E-state index in [0.717, 1.165) is 22.6 Å². The van der Waals surface area contributed by atoms with Crippen LogP contribution in [0.2, 0.25) is 5.02 Å². The molecular formula is C21H19ClN4O2S. The minimum absolute atomic E-state index is 0.00658. The predicted octanol–water partition coefficient (Wildman–Crippen LogP) is 4.89. The summed E-state index contributed by atoms with van der Waals surface area (Å²) < 4.78 is 5.30. The van der Waals surface area contributed by atoms with Crippen LogP contribution in [0.4, 0.5) is 5.69 Å². The van der Waals surface area contributed by atoms with Gasteiger partial charge in [0.15, 0.2) is 5.17 Å². The van der Waals surface area contributed by atoms with Gasteiger partial charge in [-0.25, -0.2) is 4.99 Å². The summed E-state index contributed by atoms with van der Waals surface area (Å²) in [6.07, 6.45) is 0.674. The summed E-state index contributed by atoms with van der Waals surface area (Å²) in [5, 5.41) is 5.37. The molecule has 1 saturated heterocycles. The van der Waals surface area contributed by atoms with E-state index in [4.69, 9.17) is 16.1 Å². The highest BCUT2D eigenvalue weighted by Gasteiger charge is 2.26. The maximum Gasteiger partial charge on any atom is 0.229 e. The first-order chi connectivity index (χ1) is 14.1. The van der Waals surface area contributed by atoms with Gasteiger partial charge in [0.05, 0.1) is 5.69 Å². The van der Waals surface area contributed by atoms with Crippen LogP contribution < -0.4 is 0 Å². The molecule has 0 aliphatic carbocycles. The Bertz CT molecular complexity index is 1050. The van der Waals surface area contributed by atoms with Crippen molar-refractivity contribution >= 4 is 40.1 Å². The van der Waals surface area contributed by atoms with Crippen molar-refractivity contribution < 1.29 is 9.32 Å². The summed E-state index contributed by atoms with van der Waals surface area (Å²) in [6, 6.07) is 15.2. The molecule has 1 aliphatic rings. The molecule has 1 aromatic heterocycles. The van der Waals surface area contributed by atoms with Gasteiger partial charge in [-0.1, -0.05) is 64.9 Å². The number of aromatic nitrogens is 2. The van der Waals surface area contributed by atoms with Crippen molar-refractivity contribution in [2.24, 2.45) is 4.99 Å². The summed E-state index contributed by atoms with van der Waals surface area (Å²) in [4.78, 5) is 23.5. The fourth-order valence-corrected chi connectivity index (χ4v) is 4.09. The van der Waals surface area contributed by atoms with Gasteiger partial charge in [0.1, 0.15) is 0 Å². The standard InChI is InChI=1S/C21H19ClN4O2S/c1-14-16(22)8-5-9-17(14)23-21-26(12-13-29-21)19(27)11-10-18-24-20(25-28-18)15-6-3-2-4-7-15/h2-9H,10-13H2,1H3. The molecule has 0 bridgehead atoms. The molecule has 1 aliphatic heterocycles. The number of carbonyl (C=O) groups is 1.